The van der Waals surface area contributed by atoms with Crippen molar-refractivity contribution in [1.82, 2.24) is 10.3 Å². The molecule has 1 amide bonds. The summed E-state index contributed by atoms with van der Waals surface area (Å²) >= 11 is 1.40. The molecule has 19 heavy (non-hydrogen) atoms. The van der Waals surface area contributed by atoms with Crippen molar-refractivity contribution < 1.29 is 9.53 Å². The highest BCUT2D eigenvalue weighted by molar-refractivity contribution is 7.13. The van der Waals surface area contributed by atoms with Crippen LogP contribution in [0.3, 0.4) is 0 Å². The Bertz CT molecular complexity index is 412. The van der Waals surface area contributed by atoms with Gasteiger partial charge in [0.05, 0.1) is 5.69 Å². The van der Waals surface area contributed by atoms with E-state index in [1.807, 2.05) is 26.2 Å². The lowest BCUT2D eigenvalue weighted by molar-refractivity contribution is 0.0636. The van der Waals surface area contributed by atoms with Gasteiger partial charge in [-0.3, -0.25) is 5.32 Å². The van der Waals surface area contributed by atoms with Crippen molar-refractivity contribution in [3.63, 3.8) is 0 Å². The van der Waals surface area contributed by atoms with Crippen molar-refractivity contribution in [2.24, 2.45) is 0 Å². The maximum Gasteiger partial charge on any atom is 0.413 e. The monoisotopic (exact) mass is 285 g/mol. The molecule has 108 valence electrons. The Morgan fingerprint density at radius 2 is 2.21 bits per heavy atom. The van der Waals surface area contributed by atoms with Crippen LogP contribution in [0, 0.1) is 0 Å². The molecule has 0 aliphatic rings. The van der Waals surface area contributed by atoms with E-state index in [-0.39, 0.29) is 6.04 Å². The fourth-order valence-corrected chi connectivity index (χ4v) is 2.19. The first-order chi connectivity index (χ1) is 8.81. The summed E-state index contributed by atoms with van der Waals surface area (Å²) in [6, 6.07) is 0.186. The van der Waals surface area contributed by atoms with Crippen LogP contribution in [0.1, 0.15) is 52.8 Å². The van der Waals surface area contributed by atoms with E-state index in [4.69, 9.17) is 4.74 Å². The summed E-state index contributed by atoms with van der Waals surface area (Å²) in [7, 11) is 0. The van der Waals surface area contributed by atoms with Gasteiger partial charge in [0.25, 0.3) is 0 Å². The van der Waals surface area contributed by atoms with Crippen molar-refractivity contribution in [1.29, 1.82) is 0 Å². The van der Waals surface area contributed by atoms with E-state index in [1.165, 1.54) is 11.3 Å². The van der Waals surface area contributed by atoms with E-state index in [0.717, 1.165) is 18.7 Å². The number of anilines is 1. The van der Waals surface area contributed by atoms with E-state index in [9.17, 15) is 4.79 Å². The minimum Gasteiger partial charge on any atom is -0.444 e. The molecule has 0 aliphatic carbocycles. The number of carbonyl (C=O) groups is 1. The molecule has 0 saturated heterocycles. The van der Waals surface area contributed by atoms with Crippen LogP contribution >= 0.6 is 11.3 Å². The summed E-state index contributed by atoms with van der Waals surface area (Å²) in [6.45, 7) is 10.6. The van der Waals surface area contributed by atoms with Gasteiger partial charge < -0.3 is 10.1 Å². The number of nitrogens with one attached hydrogen (secondary N) is 2. The van der Waals surface area contributed by atoms with Crippen LogP contribution in [-0.4, -0.2) is 23.2 Å². The highest BCUT2D eigenvalue weighted by Crippen LogP contribution is 2.21. The van der Waals surface area contributed by atoms with Gasteiger partial charge in [0, 0.05) is 11.4 Å². The molecule has 1 heterocycles. The Morgan fingerprint density at radius 3 is 2.79 bits per heavy atom. The van der Waals surface area contributed by atoms with Gasteiger partial charge in [-0.2, -0.15) is 0 Å². The number of thiazole rings is 1. The van der Waals surface area contributed by atoms with Gasteiger partial charge in [0.1, 0.15) is 5.60 Å². The highest BCUT2D eigenvalue weighted by atomic mass is 32.1. The van der Waals surface area contributed by atoms with E-state index in [2.05, 4.69) is 29.5 Å². The predicted molar refractivity (Wildman–Crippen MR) is 78.7 cm³/mol. The first kappa shape index (κ1) is 15.9. The number of rotatable bonds is 5. The number of nitrogens with zero attached hydrogens (tertiary/aromatic N) is 1. The minimum absolute atomic E-state index is 0.186. The summed E-state index contributed by atoms with van der Waals surface area (Å²) in [5, 5.41) is 8.51. The van der Waals surface area contributed by atoms with Gasteiger partial charge in [0.2, 0.25) is 0 Å². The number of hydrogen-bond donors (Lipinski definition) is 2. The smallest absolute Gasteiger partial charge is 0.413 e. The molecule has 1 rings (SSSR count). The summed E-state index contributed by atoms with van der Waals surface area (Å²) in [6.07, 6.45) is 0.611. The Kier molecular flexibility index (Phi) is 5.75. The second-order valence-corrected chi connectivity index (χ2v) is 6.24. The summed E-state index contributed by atoms with van der Waals surface area (Å²) in [4.78, 5) is 16.0. The van der Waals surface area contributed by atoms with Gasteiger partial charge in [-0.25, -0.2) is 9.78 Å². The fourth-order valence-electron chi connectivity index (χ4n) is 1.40. The molecule has 1 aromatic heterocycles. The molecule has 0 spiro atoms. The third-order valence-electron chi connectivity index (χ3n) is 2.27. The molecule has 0 radical (unpaired) electrons. The molecule has 0 aromatic carbocycles. The van der Waals surface area contributed by atoms with Gasteiger partial charge in [0.15, 0.2) is 5.13 Å². The van der Waals surface area contributed by atoms with Crippen molar-refractivity contribution >= 4 is 22.6 Å². The maximum absolute atomic E-state index is 11.6. The van der Waals surface area contributed by atoms with E-state index in [1.54, 1.807) is 0 Å². The SMILES string of the molecule is CCCNC(C)c1csc(NC(=O)OC(C)(C)C)n1. The normalized spacial score (nSPS) is 13.1. The number of amides is 1. The molecule has 0 fully saturated rings. The molecule has 1 atom stereocenters. The van der Waals surface area contributed by atoms with Gasteiger partial charge >= 0.3 is 6.09 Å². The molecule has 5 nitrogen and oxygen atoms in total. The van der Waals surface area contributed by atoms with Crippen LogP contribution in [0.4, 0.5) is 9.93 Å². The molecule has 6 heteroatoms. The van der Waals surface area contributed by atoms with Crippen LogP contribution in [0.15, 0.2) is 5.38 Å². The second kappa shape index (κ2) is 6.86. The Hall–Kier alpha value is -1.14. The van der Waals surface area contributed by atoms with E-state index in [0.29, 0.717) is 5.13 Å². The van der Waals surface area contributed by atoms with E-state index >= 15 is 0 Å². The quantitative estimate of drug-likeness (QED) is 0.868. The van der Waals surface area contributed by atoms with Gasteiger partial charge in [-0.15, -0.1) is 11.3 Å². The lowest BCUT2D eigenvalue weighted by atomic mass is 10.2. The van der Waals surface area contributed by atoms with Crippen molar-refractivity contribution in [2.45, 2.75) is 52.7 Å². The average Bonchev–Trinajstić information content (AvgIpc) is 2.71. The first-order valence-corrected chi connectivity index (χ1v) is 7.38. The van der Waals surface area contributed by atoms with Gasteiger partial charge in [-0.1, -0.05) is 6.92 Å². The fraction of sp³-hybridized carbons (Fsp3) is 0.692. The standard InChI is InChI=1S/C13H23N3O2S/c1-6-7-14-9(2)10-8-19-11(15-10)16-12(17)18-13(3,4)5/h8-9,14H,6-7H2,1-5H3,(H,15,16,17). The zero-order chi connectivity index (χ0) is 14.5. The molecular formula is C13H23N3O2S. The van der Waals surface area contributed by atoms with Crippen molar-refractivity contribution in [3.05, 3.63) is 11.1 Å². The largest absolute Gasteiger partial charge is 0.444 e. The Labute approximate surface area is 118 Å². The Morgan fingerprint density at radius 1 is 1.53 bits per heavy atom. The topological polar surface area (TPSA) is 63.2 Å². The van der Waals surface area contributed by atoms with Crippen LogP contribution in [0.5, 0.6) is 0 Å². The lowest BCUT2D eigenvalue weighted by Crippen LogP contribution is -2.27. The molecule has 0 bridgehead atoms. The first-order valence-electron chi connectivity index (χ1n) is 6.50. The molecule has 2 N–H and O–H groups in total. The number of aromatic nitrogens is 1. The maximum atomic E-state index is 11.6. The number of ether oxygens (including phenoxy) is 1. The van der Waals surface area contributed by atoms with Crippen LogP contribution in [0.25, 0.3) is 0 Å². The molecule has 1 unspecified atom stereocenters. The predicted octanol–water partition coefficient (Wildman–Crippen LogP) is 3.55. The van der Waals surface area contributed by atoms with Crippen LogP contribution in [-0.2, 0) is 4.74 Å². The third kappa shape index (κ3) is 6.02. The third-order valence-corrected chi connectivity index (χ3v) is 3.05. The average molecular weight is 285 g/mol. The zero-order valence-corrected chi connectivity index (χ0v) is 13.1. The summed E-state index contributed by atoms with van der Waals surface area (Å²) < 4.78 is 5.18. The zero-order valence-electron chi connectivity index (χ0n) is 12.2. The summed E-state index contributed by atoms with van der Waals surface area (Å²) in [5.74, 6) is 0. The van der Waals surface area contributed by atoms with Crippen molar-refractivity contribution in [2.75, 3.05) is 11.9 Å². The van der Waals surface area contributed by atoms with E-state index < -0.39 is 11.7 Å². The lowest BCUT2D eigenvalue weighted by Gasteiger charge is -2.18. The van der Waals surface area contributed by atoms with Crippen LogP contribution < -0.4 is 10.6 Å². The highest BCUT2D eigenvalue weighted by Gasteiger charge is 2.17. The second-order valence-electron chi connectivity index (χ2n) is 5.38. The Balaban J connectivity index is 2.53. The van der Waals surface area contributed by atoms with Crippen LogP contribution in [0.2, 0.25) is 0 Å². The molecular weight excluding hydrogens is 262 g/mol. The summed E-state index contributed by atoms with van der Waals surface area (Å²) in [5.41, 5.74) is 0.435. The molecule has 1 aromatic rings. The number of hydrogen-bond acceptors (Lipinski definition) is 5. The minimum atomic E-state index is -0.500. The van der Waals surface area contributed by atoms with Crippen molar-refractivity contribution in [3.8, 4) is 0 Å². The molecule has 0 aliphatic heterocycles. The van der Waals surface area contributed by atoms with Gasteiger partial charge in [-0.05, 0) is 40.7 Å². The molecule has 0 saturated carbocycles. The number of carbonyl (C=O) groups excluding carboxylic acids is 1.